The zero-order valence-electron chi connectivity index (χ0n) is 13.7. The van der Waals surface area contributed by atoms with Crippen molar-refractivity contribution in [2.75, 3.05) is 20.9 Å². The highest BCUT2D eigenvalue weighted by molar-refractivity contribution is 5.79. The van der Waals surface area contributed by atoms with Crippen molar-refractivity contribution in [3.8, 4) is 11.5 Å². The van der Waals surface area contributed by atoms with Gasteiger partial charge in [-0.1, -0.05) is 19.4 Å². The van der Waals surface area contributed by atoms with Crippen molar-refractivity contribution in [1.29, 1.82) is 0 Å². The summed E-state index contributed by atoms with van der Waals surface area (Å²) in [5, 5.41) is 12.5. The predicted molar refractivity (Wildman–Crippen MR) is 86.3 cm³/mol. The maximum Gasteiger partial charge on any atom is 0.160 e. The van der Waals surface area contributed by atoms with Gasteiger partial charge in [0.05, 0.1) is 19.9 Å². The van der Waals surface area contributed by atoms with Gasteiger partial charge in [0.15, 0.2) is 11.5 Å². The molecule has 22 heavy (non-hydrogen) atoms. The number of ether oxygens (including phenoxy) is 2. The first-order chi connectivity index (χ1) is 10.6. The predicted octanol–water partition coefficient (Wildman–Crippen LogP) is 2.65. The maximum absolute atomic E-state index is 12.1. The summed E-state index contributed by atoms with van der Waals surface area (Å²) >= 11 is 0. The molecule has 0 unspecified atom stereocenters. The molecule has 0 aliphatic rings. The van der Waals surface area contributed by atoms with E-state index >= 15 is 0 Å². The van der Waals surface area contributed by atoms with Gasteiger partial charge in [-0.3, -0.25) is 10.1 Å². The summed E-state index contributed by atoms with van der Waals surface area (Å²) in [6, 6.07) is 5.17. The van der Waals surface area contributed by atoms with Gasteiger partial charge < -0.3 is 14.6 Å². The minimum atomic E-state index is -0.0145. The topological polar surface area (TPSA) is 67.8 Å². The number of nitrogens with one attached hydrogen (secondary N) is 1. The van der Waals surface area contributed by atoms with E-state index in [4.69, 9.17) is 9.47 Å². The van der Waals surface area contributed by atoms with Gasteiger partial charge in [-0.25, -0.2) is 0 Å². The van der Waals surface area contributed by atoms with E-state index in [1.54, 1.807) is 12.1 Å². The van der Waals surface area contributed by atoms with Gasteiger partial charge in [0.2, 0.25) is 0 Å². The van der Waals surface area contributed by atoms with Crippen molar-refractivity contribution in [2.24, 2.45) is 0 Å². The Morgan fingerprint density at radius 1 is 1.41 bits per heavy atom. The number of rotatable bonds is 11. The van der Waals surface area contributed by atoms with Crippen LogP contribution >= 0.6 is 0 Å². The lowest BCUT2D eigenvalue weighted by atomic mass is 10.0. The fourth-order valence-corrected chi connectivity index (χ4v) is 2.28. The highest BCUT2D eigenvalue weighted by atomic mass is 16.5. The SMILES string of the molecule is CCC[C@H](CC(=O)CCc1ccc(O)c(OC)c1)OCNC. The molecule has 0 bridgehead atoms. The zero-order chi connectivity index (χ0) is 16.4. The number of hydrogen-bond donors (Lipinski definition) is 2. The van der Waals surface area contributed by atoms with Gasteiger partial charge in [-0.15, -0.1) is 0 Å². The summed E-state index contributed by atoms with van der Waals surface area (Å²) in [7, 11) is 3.33. The molecule has 0 aliphatic heterocycles. The first-order valence-corrected chi connectivity index (χ1v) is 7.74. The quantitative estimate of drug-likeness (QED) is 0.615. The molecule has 2 N–H and O–H groups in total. The van der Waals surface area contributed by atoms with Crippen molar-refractivity contribution in [1.82, 2.24) is 5.32 Å². The minimum absolute atomic E-state index is 0.0145. The van der Waals surface area contributed by atoms with E-state index in [-0.39, 0.29) is 17.6 Å². The van der Waals surface area contributed by atoms with Gasteiger partial charge in [0, 0.05) is 12.8 Å². The highest BCUT2D eigenvalue weighted by Gasteiger charge is 2.14. The molecular weight excluding hydrogens is 282 g/mol. The third kappa shape index (κ3) is 6.45. The van der Waals surface area contributed by atoms with Gasteiger partial charge in [-0.05, 0) is 37.6 Å². The number of carbonyl (C=O) groups is 1. The number of ketones is 1. The normalized spacial score (nSPS) is 12.1. The first-order valence-electron chi connectivity index (χ1n) is 7.74. The van der Waals surface area contributed by atoms with E-state index in [1.165, 1.54) is 7.11 Å². The molecule has 0 heterocycles. The molecule has 0 aliphatic carbocycles. The molecule has 0 fully saturated rings. The third-order valence-electron chi connectivity index (χ3n) is 3.47. The Kier molecular flexibility index (Phi) is 8.55. The van der Waals surface area contributed by atoms with Crippen molar-refractivity contribution < 1.29 is 19.4 Å². The molecule has 0 amide bonds. The first kappa shape index (κ1) is 18.5. The standard InChI is InChI=1S/C17H27NO4/c1-4-5-15(22-12-18-2)11-14(19)8-6-13-7-9-16(20)17(10-13)21-3/h7,9-10,15,18,20H,4-6,8,11-12H2,1-3H3/t15-/m1/s1. The lowest BCUT2D eigenvalue weighted by Gasteiger charge is -2.16. The Balaban J connectivity index is 2.47. The summed E-state index contributed by atoms with van der Waals surface area (Å²) in [4.78, 5) is 12.1. The van der Waals surface area contributed by atoms with Gasteiger partial charge in [-0.2, -0.15) is 0 Å². The maximum atomic E-state index is 12.1. The number of carbonyl (C=O) groups excluding carboxylic acids is 1. The fourth-order valence-electron chi connectivity index (χ4n) is 2.28. The van der Waals surface area contributed by atoms with Crippen LogP contribution in [0.2, 0.25) is 0 Å². The van der Waals surface area contributed by atoms with Crippen molar-refractivity contribution >= 4 is 5.78 Å². The van der Waals surface area contributed by atoms with Crippen LogP contribution in [0.25, 0.3) is 0 Å². The number of aromatic hydroxyl groups is 1. The van der Waals surface area contributed by atoms with Gasteiger partial charge in [0.25, 0.3) is 0 Å². The van der Waals surface area contributed by atoms with Crippen LogP contribution < -0.4 is 10.1 Å². The lowest BCUT2D eigenvalue weighted by molar-refractivity contribution is -0.122. The molecule has 1 aromatic rings. The molecule has 5 heteroatoms. The number of Topliss-reactive ketones (excluding diaryl/α,β-unsaturated/α-hetero) is 1. The summed E-state index contributed by atoms with van der Waals surface area (Å²) in [5.41, 5.74) is 0.978. The van der Waals surface area contributed by atoms with Crippen LogP contribution in [-0.2, 0) is 16.0 Å². The molecule has 0 aromatic heterocycles. The van der Waals surface area contributed by atoms with Crippen LogP contribution in [0.15, 0.2) is 18.2 Å². The largest absolute Gasteiger partial charge is 0.504 e. The average molecular weight is 309 g/mol. The van der Waals surface area contributed by atoms with E-state index < -0.39 is 0 Å². The van der Waals surface area contributed by atoms with Crippen LogP contribution in [0.1, 0.15) is 38.2 Å². The van der Waals surface area contributed by atoms with Gasteiger partial charge >= 0.3 is 0 Å². The smallest absolute Gasteiger partial charge is 0.160 e. The van der Waals surface area contributed by atoms with Crippen LogP contribution in [0.5, 0.6) is 11.5 Å². The van der Waals surface area contributed by atoms with E-state index in [1.807, 2.05) is 13.1 Å². The zero-order valence-corrected chi connectivity index (χ0v) is 13.7. The number of methoxy groups -OCH3 is 1. The Bertz CT molecular complexity index is 462. The lowest BCUT2D eigenvalue weighted by Crippen LogP contribution is -2.23. The number of benzene rings is 1. The van der Waals surface area contributed by atoms with Crippen molar-refractivity contribution in [3.05, 3.63) is 23.8 Å². The summed E-state index contributed by atoms with van der Waals surface area (Å²) in [6.45, 7) is 2.55. The Morgan fingerprint density at radius 2 is 2.18 bits per heavy atom. The van der Waals surface area contributed by atoms with Crippen LogP contribution in [-0.4, -0.2) is 37.9 Å². The Hall–Kier alpha value is -1.59. The van der Waals surface area contributed by atoms with Crippen LogP contribution in [0, 0.1) is 0 Å². The average Bonchev–Trinajstić information content (AvgIpc) is 2.52. The molecule has 1 rings (SSSR count). The molecule has 124 valence electrons. The molecule has 0 saturated carbocycles. The van der Waals surface area contributed by atoms with Crippen LogP contribution in [0.3, 0.4) is 0 Å². The van der Waals surface area contributed by atoms with Crippen molar-refractivity contribution in [2.45, 2.75) is 45.1 Å². The summed E-state index contributed by atoms with van der Waals surface area (Å²) < 4.78 is 10.7. The molecule has 5 nitrogen and oxygen atoms in total. The monoisotopic (exact) mass is 309 g/mol. The number of phenolic OH excluding ortho intramolecular Hbond substituents is 1. The molecule has 0 radical (unpaired) electrons. The second-order valence-electron chi connectivity index (χ2n) is 5.32. The number of hydrogen-bond acceptors (Lipinski definition) is 5. The Labute approximate surface area is 132 Å². The summed E-state index contributed by atoms with van der Waals surface area (Å²) in [5.74, 6) is 0.744. The van der Waals surface area contributed by atoms with E-state index in [0.717, 1.165) is 18.4 Å². The molecule has 1 aromatic carbocycles. The highest BCUT2D eigenvalue weighted by Crippen LogP contribution is 2.26. The summed E-state index contributed by atoms with van der Waals surface area (Å²) in [6.07, 6.45) is 3.43. The molecule has 0 saturated heterocycles. The molecule has 0 spiro atoms. The second kappa shape index (κ2) is 10.2. The van der Waals surface area contributed by atoms with E-state index in [9.17, 15) is 9.90 Å². The van der Waals surface area contributed by atoms with E-state index in [0.29, 0.717) is 31.7 Å². The number of phenols is 1. The number of aryl methyl sites for hydroxylation is 1. The molecular formula is C17H27NO4. The van der Waals surface area contributed by atoms with Crippen molar-refractivity contribution in [3.63, 3.8) is 0 Å². The third-order valence-corrected chi connectivity index (χ3v) is 3.47. The molecule has 1 atom stereocenters. The fraction of sp³-hybridized carbons (Fsp3) is 0.588. The minimum Gasteiger partial charge on any atom is -0.504 e. The Morgan fingerprint density at radius 3 is 2.82 bits per heavy atom. The second-order valence-corrected chi connectivity index (χ2v) is 5.32. The van der Waals surface area contributed by atoms with Crippen LogP contribution in [0.4, 0.5) is 0 Å². The van der Waals surface area contributed by atoms with E-state index in [2.05, 4.69) is 12.2 Å². The van der Waals surface area contributed by atoms with Gasteiger partial charge in [0.1, 0.15) is 5.78 Å².